The number of thiophene rings is 1. The number of anilines is 1. The molecule has 2 heterocycles. The molecule has 0 unspecified atom stereocenters. The van der Waals surface area contributed by atoms with Crippen molar-refractivity contribution in [3.8, 4) is 0 Å². The molecule has 0 atom stereocenters. The lowest BCUT2D eigenvalue weighted by molar-refractivity contribution is 0.796. The Morgan fingerprint density at radius 3 is 2.67 bits per heavy atom. The van der Waals surface area contributed by atoms with E-state index in [0.717, 1.165) is 23.3 Å². The summed E-state index contributed by atoms with van der Waals surface area (Å²) in [6.07, 6.45) is 0. The van der Waals surface area contributed by atoms with Crippen molar-refractivity contribution in [3.05, 3.63) is 52.0 Å². The highest BCUT2D eigenvalue weighted by Crippen LogP contribution is 2.30. The summed E-state index contributed by atoms with van der Waals surface area (Å²) in [4.78, 5) is 13.4. The monoisotopic (exact) mass is 317 g/mol. The molecule has 5 heteroatoms. The van der Waals surface area contributed by atoms with E-state index in [1.807, 2.05) is 24.3 Å². The highest BCUT2D eigenvalue weighted by atomic mass is 35.5. The van der Waals surface area contributed by atoms with Gasteiger partial charge in [0.15, 0.2) is 0 Å². The number of nitrogens with zero attached hydrogens (tertiary/aromatic N) is 3. The first-order valence-electron chi connectivity index (χ1n) is 6.90. The predicted octanol–water partition coefficient (Wildman–Crippen LogP) is 4.68. The van der Waals surface area contributed by atoms with E-state index in [9.17, 15) is 0 Å². The zero-order chi connectivity index (χ0) is 14.8. The van der Waals surface area contributed by atoms with E-state index in [2.05, 4.69) is 40.8 Å². The van der Waals surface area contributed by atoms with Gasteiger partial charge in [-0.3, -0.25) is 0 Å². The molecule has 0 aliphatic carbocycles. The molecule has 0 amide bonds. The maximum atomic E-state index is 6.31. The zero-order valence-corrected chi connectivity index (χ0v) is 13.6. The van der Waals surface area contributed by atoms with Crippen LogP contribution in [0.4, 0.5) is 5.95 Å². The SMILES string of the molecule is CCN(Cc1ccccc1)c1nc(Cl)c2cc(C)sc2n1. The first-order valence-corrected chi connectivity index (χ1v) is 8.09. The molecule has 0 radical (unpaired) electrons. The number of hydrogen-bond acceptors (Lipinski definition) is 4. The molecule has 0 aliphatic rings. The summed E-state index contributed by atoms with van der Waals surface area (Å²) in [5.41, 5.74) is 1.24. The topological polar surface area (TPSA) is 29.0 Å². The van der Waals surface area contributed by atoms with E-state index in [-0.39, 0.29) is 0 Å². The number of fused-ring (bicyclic) bond motifs is 1. The van der Waals surface area contributed by atoms with Crippen molar-refractivity contribution < 1.29 is 0 Å². The van der Waals surface area contributed by atoms with Gasteiger partial charge in [-0.1, -0.05) is 41.9 Å². The van der Waals surface area contributed by atoms with Gasteiger partial charge in [-0.15, -0.1) is 11.3 Å². The Balaban J connectivity index is 1.97. The molecule has 0 bridgehead atoms. The second-order valence-electron chi connectivity index (χ2n) is 4.89. The van der Waals surface area contributed by atoms with Gasteiger partial charge < -0.3 is 4.90 Å². The molecule has 0 aliphatic heterocycles. The normalized spacial score (nSPS) is 11.0. The van der Waals surface area contributed by atoms with Gasteiger partial charge in [0, 0.05) is 23.4 Å². The van der Waals surface area contributed by atoms with E-state index in [0.29, 0.717) is 11.1 Å². The largest absolute Gasteiger partial charge is 0.337 e. The smallest absolute Gasteiger partial charge is 0.228 e. The van der Waals surface area contributed by atoms with Crippen LogP contribution in [-0.4, -0.2) is 16.5 Å². The summed E-state index contributed by atoms with van der Waals surface area (Å²) >= 11 is 7.96. The number of benzene rings is 1. The third-order valence-electron chi connectivity index (χ3n) is 3.34. The first-order chi connectivity index (χ1) is 10.2. The van der Waals surface area contributed by atoms with Crippen molar-refractivity contribution in [2.45, 2.75) is 20.4 Å². The van der Waals surface area contributed by atoms with Crippen molar-refractivity contribution in [3.63, 3.8) is 0 Å². The molecule has 1 aromatic carbocycles. The van der Waals surface area contributed by atoms with E-state index in [1.165, 1.54) is 10.4 Å². The van der Waals surface area contributed by atoms with Gasteiger partial charge in [0.2, 0.25) is 5.95 Å². The lowest BCUT2D eigenvalue weighted by atomic mass is 10.2. The van der Waals surface area contributed by atoms with Crippen LogP contribution in [0.15, 0.2) is 36.4 Å². The molecule has 21 heavy (non-hydrogen) atoms. The lowest BCUT2D eigenvalue weighted by Crippen LogP contribution is -2.24. The van der Waals surface area contributed by atoms with Gasteiger partial charge in [-0.25, -0.2) is 9.97 Å². The van der Waals surface area contributed by atoms with Crippen molar-refractivity contribution >= 4 is 39.1 Å². The van der Waals surface area contributed by atoms with Gasteiger partial charge in [0.05, 0.1) is 0 Å². The molecule has 0 N–H and O–H groups in total. The summed E-state index contributed by atoms with van der Waals surface area (Å²) in [6.45, 7) is 5.78. The Morgan fingerprint density at radius 1 is 1.19 bits per heavy atom. The molecule has 0 saturated carbocycles. The van der Waals surface area contributed by atoms with Crippen LogP contribution < -0.4 is 4.90 Å². The van der Waals surface area contributed by atoms with E-state index in [1.54, 1.807) is 11.3 Å². The van der Waals surface area contributed by atoms with E-state index < -0.39 is 0 Å². The third kappa shape index (κ3) is 3.01. The van der Waals surface area contributed by atoms with E-state index >= 15 is 0 Å². The number of hydrogen-bond donors (Lipinski definition) is 0. The molecule has 0 spiro atoms. The summed E-state index contributed by atoms with van der Waals surface area (Å²) in [7, 11) is 0. The van der Waals surface area contributed by atoms with Crippen LogP contribution in [0.25, 0.3) is 10.2 Å². The molecule has 0 fully saturated rings. The van der Waals surface area contributed by atoms with Gasteiger partial charge >= 0.3 is 0 Å². The maximum Gasteiger partial charge on any atom is 0.228 e. The molecule has 0 saturated heterocycles. The van der Waals surface area contributed by atoms with Crippen LogP contribution in [-0.2, 0) is 6.54 Å². The second kappa shape index (κ2) is 6.00. The Morgan fingerprint density at radius 2 is 1.95 bits per heavy atom. The van der Waals surface area contributed by atoms with Crippen LogP contribution in [0.1, 0.15) is 17.4 Å². The van der Waals surface area contributed by atoms with Crippen LogP contribution in [0.2, 0.25) is 5.15 Å². The van der Waals surface area contributed by atoms with Crippen molar-refractivity contribution in [2.75, 3.05) is 11.4 Å². The van der Waals surface area contributed by atoms with Gasteiger partial charge in [0.1, 0.15) is 9.98 Å². The Kier molecular flexibility index (Phi) is 4.08. The zero-order valence-electron chi connectivity index (χ0n) is 12.0. The van der Waals surface area contributed by atoms with Crippen molar-refractivity contribution in [2.24, 2.45) is 0 Å². The minimum Gasteiger partial charge on any atom is -0.337 e. The molecule has 3 nitrogen and oxygen atoms in total. The molecular weight excluding hydrogens is 302 g/mol. The highest BCUT2D eigenvalue weighted by Gasteiger charge is 2.13. The van der Waals surface area contributed by atoms with Gasteiger partial charge in [-0.05, 0) is 25.5 Å². The summed E-state index contributed by atoms with van der Waals surface area (Å²) in [5.74, 6) is 0.695. The Bertz CT molecular complexity index is 755. The van der Waals surface area contributed by atoms with Crippen LogP contribution in [0.3, 0.4) is 0 Å². The second-order valence-corrected chi connectivity index (χ2v) is 6.48. The fraction of sp³-hybridized carbons (Fsp3) is 0.250. The fourth-order valence-corrected chi connectivity index (χ4v) is 3.42. The maximum absolute atomic E-state index is 6.31. The number of aryl methyl sites for hydroxylation is 1. The molecule has 3 rings (SSSR count). The number of aromatic nitrogens is 2. The minimum atomic E-state index is 0.533. The van der Waals surface area contributed by atoms with Gasteiger partial charge in [0.25, 0.3) is 0 Å². The molecule has 108 valence electrons. The molecular formula is C16H16ClN3S. The summed E-state index contributed by atoms with van der Waals surface area (Å²) in [6, 6.07) is 12.4. The Hall–Kier alpha value is -1.65. The number of halogens is 1. The van der Waals surface area contributed by atoms with E-state index in [4.69, 9.17) is 11.6 Å². The lowest BCUT2D eigenvalue weighted by Gasteiger charge is -2.21. The average Bonchev–Trinajstić information content (AvgIpc) is 2.87. The van der Waals surface area contributed by atoms with Gasteiger partial charge in [-0.2, -0.15) is 0 Å². The quantitative estimate of drug-likeness (QED) is 0.654. The van der Waals surface area contributed by atoms with Crippen LogP contribution in [0, 0.1) is 6.92 Å². The van der Waals surface area contributed by atoms with Crippen LogP contribution in [0.5, 0.6) is 0 Å². The molecule has 3 aromatic rings. The average molecular weight is 318 g/mol. The summed E-state index contributed by atoms with van der Waals surface area (Å²) in [5, 5.41) is 1.48. The highest BCUT2D eigenvalue weighted by molar-refractivity contribution is 7.18. The van der Waals surface area contributed by atoms with Crippen LogP contribution >= 0.6 is 22.9 Å². The first kappa shape index (κ1) is 14.3. The number of rotatable bonds is 4. The molecule has 2 aromatic heterocycles. The van der Waals surface area contributed by atoms with Crippen molar-refractivity contribution in [1.29, 1.82) is 0 Å². The third-order valence-corrected chi connectivity index (χ3v) is 4.57. The Labute approximate surface area is 133 Å². The standard InChI is InChI=1S/C16H16ClN3S/c1-3-20(10-12-7-5-4-6-8-12)16-18-14(17)13-9-11(2)21-15(13)19-16/h4-9H,3,10H2,1-2H3. The summed E-state index contributed by atoms with van der Waals surface area (Å²) < 4.78 is 0. The van der Waals surface area contributed by atoms with Crippen molar-refractivity contribution in [1.82, 2.24) is 9.97 Å². The minimum absolute atomic E-state index is 0.533. The fourth-order valence-electron chi connectivity index (χ4n) is 2.27. The predicted molar refractivity (Wildman–Crippen MR) is 90.3 cm³/mol.